The average molecular weight is 360 g/mol. The third kappa shape index (κ3) is 2.33. The van der Waals surface area contributed by atoms with Gasteiger partial charge in [0.15, 0.2) is 0 Å². The van der Waals surface area contributed by atoms with Crippen molar-refractivity contribution in [2.45, 2.75) is 0 Å². The summed E-state index contributed by atoms with van der Waals surface area (Å²) in [6.07, 6.45) is 0. The van der Waals surface area contributed by atoms with E-state index in [-0.39, 0.29) is 5.56 Å². The highest BCUT2D eigenvalue weighted by Gasteiger charge is 2.17. The van der Waals surface area contributed by atoms with Crippen LogP contribution in [-0.4, -0.2) is 11.1 Å². The summed E-state index contributed by atoms with van der Waals surface area (Å²) < 4.78 is 0. The van der Waals surface area contributed by atoms with E-state index in [1.807, 2.05) is 0 Å². The number of carbonyl (C=O) groups is 1. The van der Waals surface area contributed by atoms with E-state index in [1.54, 1.807) is 30.3 Å². The Labute approximate surface area is 139 Å². The molecule has 0 fully saturated rings. The zero-order chi connectivity index (χ0) is 15.3. The molecule has 21 heavy (non-hydrogen) atoms. The van der Waals surface area contributed by atoms with Gasteiger partial charge in [0.2, 0.25) is 0 Å². The molecule has 1 N–H and O–H groups in total. The van der Waals surface area contributed by atoms with E-state index >= 15 is 0 Å². The van der Waals surface area contributed by atoms with Gasteiger partial charge in [-0.05, 0) is 40.4 Å². The minimum absolute atomic E-state index is 0.134. The first-order chi connectivity index (χ1) is 9.90. The largest absolute Gasteiger partial charge is 0.478 e. The van der Waals surface area contributed by atoms with Crippen LogP contribution in [-0.2, 0) is 0 Å². The van der Waals surface area contributed by atoms with Crippen molar-refractivity contribution in [1.82, 2.24) is 0 Å². The van der Waals surface area contributed by atoms with Gasteiger partial charge in [0.25, 0.3) is 0 Å². The topological polar surface area (TPSA) is 37.3 Å². The molecule has 0 aliphatic rings. The number of fused-ring (bicyclic) bond motifs is 3. The fourth-order valence-corrected chi connectivity index (χ4v) is 3.11. The van der Waals surface area contributed by atoms with Crippen LogP contribution in [0.5, 0.6) is 0 Å². The Kier molecular flexibility index (Phi) is 3.66. The molecule has 0 radical (unpaired) electrons. The van der Waals surface area contributed by atoms with Gasteiger partial charge >= 0.3 is 5.97 Å². The van der Waals surface area contributed by atoms with Crippen molar-refractivity contribution in [3.8, 4) is 0 Å². The van der Waals surface area contributed by atoms with E-state index in [0.717, 1.165) is 0 Å². The minimum Gasteiger partial charge on any atom is -0.478 e. The summed E-state index contributed by atoms with van der Waals surface area (Å²) in [5.41, 5.74) is 0.134. The van der Waals surface area contributed by atoms with Gasteiger partial charge in [-0.25, -0.2) is 4.79 Å². The van der Waals surface area contributed by atoms with Crippen molar-refractivity contribution < 1.29 is 9.90 Å². The molecule has 3 rings (SSSR count). The standard InChI is InChI=1S/C15H6Cl4O2/c16-10-2-1-7-9(15(20)21)3-6-4-11(17)12(18)5-8(6)13(7)14(10)19/h1-5H,(H,20,21). The molecule has 6 heteroatoms. The predicted molar refractivity (Wildman–Crippen MR) is 88.5 cm³/mol. The van der Waals surface area contributed by atoms with E-state index in [1.165, 1.54) is 0 Å². The normalized spacial score (nSPS) is 11.2. The average Bonchev–Trinajstić information content (AvgIpc) is 2.43. The van der Waals surface area contributed by atoms with Crippen LogP contribution in [0.2, 0.25) is 20.1 Å². The van der Waals surface area contributed by atoms with Gasteiger partial charge in [-0.15, -0.1) is 0 Å². The molecule has 0 amide bonds. The molecule has 3 aromatic carbocycles. The van der Waals surface area contributed by atoms with Gasteiger partial charge in [0.1, 0.15) is 0 Å². The molecule has 0 atom stereocenters. The molecule has 0 saturated heterocycles. The number of benzene rings is 3. The summed E-state index contributed by atoms with van der Waals surface area (Å²) in [4.78, 5) is 11.5. The molecular weight excluding hydrogens is 354 g/mol. The number of hydrogen-bond acceptors (Lipinski definition) is 1. The molecule has 0 saturated carbocycles. The Morgan fingerprint density at radius 1 is 0.857 bits per heavy atom. The molecule has 0 aliphatic heterocycles. The molecule has 106 valence electrons. The van der Waals surface area contributed by atoms with Crippen molar-refractivity contribution in [2.75, 3.05) is 0 Å². The van der Waals surface area contributed by atoms with E-state index in [0.29, 0.717) is 41.6 Å². The van der Waals surface area contributed by atoms with Gasteiger partial charge < -0.3 is 5.11 Å². The summed E-state index contributed by atoms with van der Waals surface area (Å²) >= 11 is 24.4. The van der Waals surface area contributed by atoms with Gasteiger partial charge in [0.05, 0.1) is 25.7 Å². The maximum absolute atomic E-state index is 11.5. The Balaban J connectivity index is 2.65. The van der Waals surface area contributed by atoms with Gasteiger partial charge in [0, 0.05) is 5.39 Å². The first kappa shape index (κ1) is 14.7. The Morgan fingerprint density at radius 2 is 1.52 bits per heavy atom. The van der Waals surface area contributed by atoms with Crippen LogP contribution in [0.15, 0.2) is 30.3 Å². The van der Waals surface area contributed by atoms with E-state index in [4.69, 9.17) is 46.4 Å². The molecule has 0 bridgehead atoms. The predicted octanol–water partition coefficient (Wildman–Crippen LogP) is 6.30. The molecule has 0 unspecified atom stereocenters. The van der Waals surface area contributed by atoms with Crippen molar-refractivity contribution in [3.05, 3.63) is 56.0 Å². The quantitative estimate of drug-likeness (QED) is 0.517. The first-order valence-corrected chi connectivity index (χ1v) is 7.34. The number of carboxylic acids is 1. The van der Waals surface area contributed by atoms with Crippen LogP contribution in [0.4, 0.5) is 0 Å². The highest BCUT2D eigenvalue weighted by molar-refractivity contribution is 6.48. The molecule has 2 nitrogen and oxygen atoms in total. The second-order valence-electron chi connectivity index (χ2n) is 4.50. The number of rotatable bonds is 1. The number of aromatic carboxylic acids is 1. The van der Waals surface area contributed by atoms with Crippen LogP contribution < -0.4 is 0 Å². The summed E-state index contributed by atoms with van der Waals surface area (Å²) in [6.45, 7) is 0. The lowest BCUT2D eigenvalue weighted by Gasteiger charge is -2.11. The van der Waals surface area contributed by atoms with Crippen LogP contribution in [0.25, 0.3) is 21.5 Å². The minimum atomic E-state index is -1.05. The van der Waals surface area contributed by atoms with Crippen molar-refractivity contribution in [3.63, 3.8) is 0 Å². The molecular formula is C15H6Cl4O2. The lowest BCUT2D eigenvalue weighted by molar-refractivity contribution is 0.0699. The zero-order valence-electron chi connectivity index (χ0n) is 10.3. The van der Waals surface area contributed by atoms with Crippen molar-refractivity contribution >= 4 is 73.9 Å². The highest BCUT2D eigenvalue weighted by Crippen LogP contribution is 2.40. The van der Waals surface area contributed by atoms with E-state index in [2.05, 4.69) is 0 Å². The van der Waals surface area contributed by atoms with Gasteiger partial charge in [-0.2, -0.15) is 0 Å². The molecule has 0 heterocycles. The van der Waals surface area contributed by atoms with Crippen LogP contribution in [0, 0.1) is 0 Å². The number of carboxylic acid groups (broad SMARTS) is 1. The smallest absolute Gasteiger partial charge is 0.336 e. The van der Waals surface area contributed by atoms with Gasteiger partial charge in [-0.1, -0.05) is 52.5 Å². The fraction of sp³-hybridized carbons (Fsp3) is 0. The lowest BCUT2D eigenvalue weighted by Crippen LogP contribution is -1.98. The summed E-state index contributed by atoms with van der Waals surface area (Å²) in [5.74, 6) is -1.05. The summed E-state index contributed by atoms with van der Waals surface area (Å²) in [7, 11) is 0. The van der Waals surface area contributed by atoms with Crippen LogP contribution >= 0.6 is 46.4 Å². The van der Waals surface area contributed by atoms with E-state index < -0.39 is 5.97 Å². The third-order valence-electron chi connectivity index (χ3n) is 3.28. The fourth-order valence-electron chi connectivity index (χ4n) is 2.35. The molecule has 0 aliphatic carbocycles. The van der Waals surface area contributed by atoms with Gasteiger partial charge in [-0.3, -0.25) is 0 Å². The number of halogens is 4. The maximum atomic E-state index is 11.5. The molecule has 0 spiro atoms. The third-order valence-corrected chi connectivity index (χ3v) is 4.80. The van der Waals surface area contributed by atoms with E-state index in [9.17, 15) is 9.90 Å². The number of hydrogen-bond donors (Lipinski definition) is 1. The van der Waals surface area contributed by atoms with Crippen LogP contribution in [0.1, 0.15) is 10.4 Å². The molecule has 0 aromatic heterocycles. The SMILES string of the molecule is O=C(O)c1cc2cc(Cl)c(Cl)cc2c2c(Cl)c(Cl)ccc12. The second kappa shape index (κ2) is 5.22. The monoisotopic (exact) mass is 358 g/mol. The van der Waals surface area contributed by atoms with Crippen molar-refractivity contribution in [1.29, 1.82) is 0 Å². The maximum Gasteiger partial charge on any atom is 0.336 e. The Morgan fingerprint density at radius 3 is 2.19 bits per heavy atom. The molecule has 3 aromatic rings. The van der Waals surface area contributed by atoms with Crippen LogP contribution in [0.3, 0.4) is 0 Å². The Bertz CT molecular complexity index is 919. The lowest BCUT2D eigenvalue weighted by atomic mass is 9.97. The highest BCUT2D eigenvalue weighted by atomic mass is 35.5. The first-order valence-electron chi connectivity index (χ1n) is 5.83. The summed E-state index contributed by atoms with van der Waals surface area (Å²) in [6, 6.07) is 8.03. The van der Waals surface area contributed by atoms with Crippen molar-refractivity contribution in [2.24, 2.45) is 0 Å². The summed E-state index contributed by atoms with van der Waals surface area (Å²) in [5, 5.41) is 13.1. The Hall–Kier alpha value is -1.19. The zero-order valence-corrected chi connectivity index (χ0v) is 13.3. The second-order valence-corrected chi connectivity index (χ2v) is 6.10.